The van der Waals surface area contributed by atoms with Gasteiger partial charge in [-0.2, -0.15) is 33.3 Å². The van der Waals surface area contributed by atoms with Crippen molar-refractivity contribution < 1.29 is 138 Å². The van der Waals surface area contributed by atoms with Gasteiger partial charge in [-0.25, -0.2) is 16.8 Å². The van der Waals surface area contributed by atoms with Gasteiger partial charge in [0.2, 0.25) is 5.95 Å². The van der Waals surface area contributed by atoms with Crippen LogP contribution < -0.4 is 99.2 Å². The third-order valence-electron chi connectivity index (χ3n) is 6.69. The predicted octanol–water partition coefficient (Wildman–Crippen LogP) is -2.20. The van der Waals surface area contributed by atoms with Gasteiger partial charge in [0.25, 0.3) is 0 Å². The average molecular weight is 834 g/mol. The minimum Gasteiger partial charge on any atom is -0.744 e. The van der Waals surface area contributed by atoms with Crippen LogP contribution in [0.1, 0.15) is 11.1 Å². The van der Waals surface area contributed by atoms with Crippen LogP contribution in [0.2, 0.25) is 5.02 Å². The van der Waals surface area contributed by atoms with E-state index in [0.717, 1.165) is 18.2 Å². The van der Waals surface area contributed by atoms with Crippen molar-refractivity contribution in [3.8, 4) is 0 Å². The van der Waals surface area contributed by atoms with Crippen molar-refractivity contribution in [3.05, 3.63) is 88.8 Å². The Hall–Kier alpha value is -1.58. The number of aromatic nitrogens is 2. The minimum atomic E-state index is -5.09. The number of halogens is 3. The second-order valence-corrected chi connectivity index (χ2v) is 13.8. The second kappa shape index (κ2) is 20.0. The van der Waals surface area contributed by atoms with Gasteiger partial charge in [0.1, 0.15) is 30.9 Å². The molecule has 0 radical (unpaired) electrons. The fraction of sp³-hybridized carbons (Fsp3) is 0.0714. The van der Waals surface area contributed by atoms with E-state index in [1.165, 1.54) is 30.3 Å². The minimum absolute atomic E-state index is 0. The molecule has 0 amide bonds. The zero-order chi connectivity index (χ0) is 36.4. The van der Waals surface area contributed by atoms with Crippen molar-refractivity contribution in [2.24, 2.45) is 20.5 Å². The molecule has 1 heterocycles. The number of nitrogens with zero attached hydrogens (tertiary/aromatic N) is 6. The first-order chi connectivity index (χ1) is 23.6. The van der Waals surface area contributed by atoms with Crippen LogP contribution in [0.3, 0.4) is 0 Å². The number of aryl methyl sites for hydroxylation is 2. The van der Waals surface area contributed by atoms with Crippen LogP contribution in [0.4, 0.5) is 43.0 Å². The first-order valence-electron chi connectivity index (χ1n) is 13.4. The molecule has 5 aromatic rings. The van der Waals surface area contributed by atoms with Gasteiger partial charge in [0, 0.05) is 21.4 Å². The SMILES string of the molecule is Cc1cc(N=Nc2ccc(Nc3nc(F)nc(F)c3Cl)c3c(S(=O)(=O)[O-])cccc23)c(C)cc1N=Nc1cc(SOO[O-])ccc1S(=O)(=O)[O-].[Na+].[Na+].[Na+]. The van der Waals surface area contributed by atoms with Crippen LogP contribution in [0, 0.1) is 25.9 Å². The van der Waals surface area contributed by atoms with Crippen LogP contribution in [-0.2, 0) is 29.6 Å². The Morgan fingerprint density at radius 3 is 1.94 bits per heavy atom. The number of anilines is 2. The zero-order valence-corrected chi connectivity index (χ0v) is 37.2. The maximum atomic E-state index is 14.0. The summed E-state index contributed by atoms with van der Waals surface area (Å²) in [4.78, 5) is 5.12. The van der Waals surface area contributed by atoms with Crippen LogP contribution in [0.15, 0.2) is 95.8 Å². The largest absolute Gasteiger partial charge is 1.00 e. The van der Waals surface area contributed by atoms with Crippen molar-refractivity contribution in [1.82, 2.24) is 9.97 Å². The van der Waals surface area contributed by atoms with Crippen molar-refractivity contribution in [2.45, 2.75) is 28.5 Å². The number of nitrogens with one attached hydrogen (secondary N) is 1. The maximum absolute atomic E-state index is 14.0. The number of fused-ring (bicyclic) bond motifs is 1. The molecule has 16 nitrogen and oxygen atoms in total. The van der Waals surface area contributed by atoms with Gasteiger partial charge in [0.05, 0.1) is 38.9 Å². The average Bonchev–Trinajstić information content (AvgIpc) is 3.04. The van der Waals surface area contributed by atoms with E-state index < -0.39 is 52.9 Å². The number of azo groups is 2. The number of benzene rings is 4. The molecule has 0 atom stereocenters. The molecular weight excluding hydrogens is 817 g/mol. The van der Waals surface area contributed by atoms with Crippen molar-refractivity contribution in [3.63, 3.8) is 0 Å². The molecule has 25 heteroatoms. The molecule has 1 aromatic heterocycles. The zero-order valence-electron chi connectivity index (χ0n) is 28.0. The molecule has 260 valence electrons. The van der Waals surface area contributed by atoms with Crippen molar-refractivity contribution in [2.75, 3.05) is 5.32 Å². The van der Waals surface area contributed by atoms with E-state index >= 15 is 0 Å². The van der Waals surface area contributed by atoms with Crippen LogP contribution >= 0.6 is 23.6 Å². The molecule has 0 spiro atoms. The maximum Gasteiger partial charge on any atom is 1.00 e. The molecule has 4 aromatic carbocycles. The van der Waals surface area contributed by atoms with Crippen LogP contribution in [0.25, 0.3) is 10.8 Å². The van der Waals surface area contributed by atoms with E-state index in [1.807, 2.05) is 0 Å². The predicted molar refractivity (Wildman–Crippen MR) is 169 cm³/mol. The van der Waals surface area contributed by atoms with Gasteiger partial charge >= 0.3 is 94.8 Å². The van der Waals surface area contributed by atoms with E-state index in [0.29, 0.717) is 28.9 Å². The molecule has 5 rings (SSSR count). The number of rotatable bonds is 11. The van der Waals surface area contributed by atoms with Crippen LogP contribution in [0.5, 0.6) is 0 Å². The van der Waals surface area contributed by atoms with Gasteiger partial charge in [0.15, 0.2) is 5.82 Å². The van der Waals surface area contributed by atoms with Gasteiger partial charge < -0.3 is 19.7 Å². The fourth-order valence-electron chi connectivity index (χ4n) is 4.47. The fourth-order valence-corrected chi connectivity index (χ4v) is 6.30. The first-order valence-corrected chi connectivity index (χ1v) is 17.4. The smallest absolute Gasteiger partial charge is 0.744 e. The van der Waals surface area contributed by atoms with E-state index in [1.54, 1.807) is 26.0 Å². The molecule has 0 saturated carbocycles. The second-order valence-electron chi connectivity index (χ2n) is 9.96. The Bertz CT molecular complexity index is 2460. The molecule has 0 bridgehead atoms. The summed E-state index contributed by atoms with van der Waals surface area (Å²) in [6.45, 7) is 3.28. The first kappa shape index (κ1) is 47.6. The molecule has 0 unspecified atom stereocenters. The molecule has 0 aliphatic heterocycles. The Morgan fingerprint density at radius 1 is 0.774 bits per heavy atom. The molecule has 53 heavy (non-hydrogen) atoms. The van der Waals surface area contributed by atoms with Gasteiger partial charge in [-0.15, -0.1) is 10.2 Å². The summed E-state index contributed by atoms with van der Waals surface area (Å²) in [5.41, 5.74) is 1.23. The van der Waals surface area contributed by atoms with Crippen molar-refractivity contribution >= 4 is 88.9 Å². The van der Waals surface area contributed by atoms with E-state index in [9.17, 15) is 40.0 Å². The van der Waals surface area contributed by atoms with Crippen LogP contribution in [-0.4, -0.2) is 35.9 Å². The van der Waals surface area contributed by atoms with E-state index in [-0.39, 0.29) is 127 Å². The Labute approximate surface area is 375 Å². The summed E-state index contributed by atoms with van der Waals surface area (Å²) in [6, 6.07) is 12.9. The monoisotopic (exact) mass is 833 g/mol. The van der Waals surface area contributed by atoms with Gasteiger partial charge in [-0.3, -0.25) is 5.04 Å². The van der Waals surface area contributed by atoms with Gasteiger partial charge in [-0.1, -0.05) is 23.7 Å². The summed E-state index contributed by atoms with van der Waals surface area (Å²) < 4.78 is 104. The third kappa shape index (κ3) is 11.7. The van der Waals surface area contributed by atoms with Gasteiger partial charge in [-0.05, 0) is 73.5 Å². The normalized spacial score (nSPS) is 11.7. The van der Waals surface area contributed by atoms with E-state index in [2.05, 4.69) is 45.1 Å². The Balaban J connectivity index is 0.00000324. The standard InChI is InChI=1S/C28H20ClF2N7O9S3.3Na/c1-13-11-20(37-38-21-12-15(48-47-46-39)6-9-22(21)49(40,41)42)14(2)10-19(13)36-35-17-7-8-18(32-27-25(29)26(30)33-28(31)34-27)24-16(17)4-3-5-23(24)50(43,44)45;;;/h3-12,39H,1-2H3,(H,32,33,34)(H,40,41,42)(H,43,44,45);;;/q;3*+1/p-3. The number of hydrogen-bond acceptors (Lipinski definition) is 17. The summed E-state index contributed by atoms with van der Waals surface area (Å²) >= 11 is 6.32. The van der Waals surface area contributed by atoms with Crippen molar-refractivity contribution in [1.29, 1.82) is 0 Å². The summed E-state index contributed by atoms with van der Waals surface area (Å²) in [5, 5.41) is 31.7. The molecule has 0 fully saturated rings. The Morgan fingerprint density at radius 2 is 1.36 bits per heavy atom. The summed E-state index contributed by atoms with van der Waals surface area (Å²) in [6.07, 6.45) is -1.45. The Kier molecular flexibility index (Phi) is 18.0. The number of hydrogen-bond donors (Lipinski definition) is 1. The topological polar surface area (TPSA) is 243 Å². The molecule has 1 N–H and O–H groups in total. The molecule has 0 aliphatic rings. The summed E-state index contributed by atoms with van der Waals surface area (Å²) in [7, 11) is -10.0. The third-order valence-corrected chi connectivity index (χ3v) is 9.36. The summed E-state index contributed by atoms with van der Waals surface area (Å²) in [5.74, 6) is -1.91. The molecular formula is C28H17ClF2N7Na3O9S3. The molecule has 0 saturated heterocycles. The van der Waals surface area contributed by atoms with E-state index in [4.69, 9.17) is 11.6 Å². The molecule has 0 aliphatic carbocycles. The quantitative estimate of drug-likeness (QED) is 0.0218.